The molecule has 0 bridgehead atoms. The largest absolute Gasteiger partial charge is 0.452 e. The molecule has 1 saturated carbocycles. The van der Waals surface area contributed by atoms with Crippen LogP contribution in [0.15, 0.2) is 18.2 Å². The van der Waals surface area contributed by atoms with Crippen molar-refractivity contribution in [1.29, 1.82) is 0 Å². The molecule has 2 fully saturated rings. The lowest BCUT2D eigenvalue weighted by molar-refractivity contribution is -0.385. The third kappa shape index (κ3) is 3.98. The molecule has 140 valence electrons. The van der Waals surface area contributed by atoms with Gasteiger partial charge in [0.1, 0.15) is 5.56 Å². The Hall–Kier alpha value is -2.15. The second-order valence-corrected chi connectivity index (χ2v) is 7.27. The fourth-order valence-corrected chi connectivity index (χ4v) is 4.23. The lowest BCUT2D eigenvalue weighted by atomic mass is 9.78. The predicted molar refractivity (Wildman–Crippen MR) is 95.1 cm³/mol. The van der Waals surface area contributed by atoms with Crippen LogP contribution >= 0.6 is 11.6 Å². The van der Waals surface area contributed by atoms with E-state index in [4.69, 9.17) is 16.3 Å². The van der Waals surface area contributed by atoms with Crippen LogP contribution < -0.4 is 0 Å². The molecule has 0 unspecified atom stereocenters. The minimum atomic E-state index is -0.912. The number of benzene rings is 1. The molecule has 1 heterocycles. The van der Waals surface area contributed by atoms with Gasteiger partial charge in [-0.25, -0.2) is 4.79 Å². The van der Waals surface area contributed by atoms with Gasteiger partial charge >= 0.3 is 5.97 Å². The molecule has 2 aliphatic rings. The van der Waals surface area contributed by atoms with E-state index >= 15 is 0 Å². The van der Waals surface area contributed by atoms with Crippen LogP contribution in [0, 0.1) is 16.0 Å². The molecular formula is C18H21ClN2O5. The summed E-state index contributed by atoms with van der Waals surface area (Å²) in [7, 11) is 0. The van der Waals surface area contributed by atoms with Gasteiger partial charge in [-0.15, -0.1) is 0 Å². The van der Waals surface area contributed by atoms with Gasteiger partial charge in [-0.05, 0) is 43.7 Å². The van der Waals surface area contributed by atoms with E-state index < -0.39 is 23.2 Å². The Morgan fingerprint density at radius 1 is 1.23 bits per heavy atom. The van der Waals surface area contributed by atoms with Crippen molar-refractivity contribution < 1.29 is 19.2 Å². The van der Waals surface area contributed by atoms with Crippen molar-refractivity contribution in [3.05, 3.63) is 38.9 Å². The topological polar surface area (TPSA) is 89.8 Å². The molecule has 1 aromatic rings. The molecule has 1 aromatic carbocycles. The lowest BCUT2D eigenvalue weighted by Crippen LogP contribution is -2.50. The number of amides is 1. The number of esters is 1. The number of rotatable bonds is 4. The van der Waals surface area contributed by atoms with E-state index in [1.54, 1.807) is 0 Å². The predicted octanol–water partition coefficient (Wildman–Crippen LogP) is 3.59. The zero-order valence-electron chi connectivity index (χ0n) is 14.4. The monoisotopic (exact) mass is 380 g/mol. The highest BCUT2D eigenvalue weighted by atomic mass is 35.5. The highest BCUT2D eigenvalue weighted by Gasteiger charge is 2.36. The van der Waals surface area contributed by atoms with E-state index in [0.717, 1.165) is 38.2 Å². The van der Waals surface area contributed by atoms with Crippen molar-refractivity contribution in [1.82, 2.24) is 4.90 Å². The average molecular weight is 381 g/mol. The number of hydrogen-bond acceptors (Lipinski definition) is 5. The van der Waals surface area contributed by atoms with Crippen LogP contribution in [0.25, 0.3) is 0 Å². The summed E-state index contributed by atoms with van der Waals surface area (Å²) in [6, 6.07) is 3.89. The van der Waals surface area contributed by atoms with Gasteiger partial charge in [0.05, 0.1) is 4.92 Å². The summed E-state index contributed by atoms with van der Waals surface area (Å²) in [5, 5.41) is 11.2. The summed E-state index contributed by atoms with van der Waals surface area (Å²) in [6.45, 7) is 0.264. The third-order valence-electron chi connectivity index (χ3n) is 5.27. The SMILES string of the molecule is O=C(OCC(=O)N1CCC[C@H]2CCCC[C@H]21)c1cc(Cl)ccc1[N+](=O)[O-]. The number of fused-ring (bicyclic) bond motifs is 1. The molecule has 0 N–H and O–H groups in total. The minimum absolute atomic E-state index is 0.190. The van der Waals surface area contributed by atoms with Crippen LogP contribution in [-0.2, 0) is 9.53 Å². The number of nitro benzene ring substituents is 1. The Morgan fingerprint density at radius 3 is 2.73 bits per heavy atom. The molecule has 3 rings (SSSR count). The first kappa shape index (κ1) is 18.6. The normalized spacial score (nSPS) is 22.4. The van der Waals surface area contributed by atoms with Gasteiger partial charge in [0.15, 0.2) is 6.61 Å². The second kappa shape index (κ2) is 8.03. The summed E-state index contributed by atoms with van der Waals surface area (Å²) in [6.07, 6.45) is 6.55. The molecule has 1 amide bonds. The Balaban J connectivity index is 1.65. The first-order chi connectivity index (χ1) is 12.5. The van der Waals surface area contributed by atoms with Crippen LogP contribution in [0.5, 0.6) is 0 Å². The molecule has 0 aromatic heterocycles. The van der Waals surface area contributed by atoms with E-state index in [9.17, 15) is 19.7 Å². The molecule has 7 nitrogen and oxygen atoms in total. The quantitative estimate of drug-likeness (QED) is 0.452. The maximum atomic E-state index is 12.6. The minimum Gasteiger partial charge on any atom is -0.452 e. The van der Waals surface area contributed by atoms with Gasteiger partial charge in [-0.2, -0.15) is 0 Å². The number of carbonyl (C=O) groups is 2. The average Bonchev–Trinajstić information content (AvgIpc) is 2.65. The highest BCUT2D eigenvalue weighted by Crippen LogP contribution is 2.35. The maximum Gasteiger partial charge on any atom is 0.345 e. The number of nitro groups is 1. The van der Waals surface area contributed by atoms with E-state index in [1.807, 2.05) is 4.90 Å². The summed E-state index contributed by atoms with van der Waals surface area (Å²) in [5.41, 5.74) is -0.637. The number of hydrogen-bond donors (Lipinski definition) is 0. The van der Waals surface area contributed by atoms with Crippen molar-refractivity contribution in [2.75, 3.05) is 13.2 Å². The second-order valence-electron chi connectivity index (χ2n) is 6.84. The summed E-state index contributed by atoms with van der Waals surface area (Å²) >= 11 is 5.82. The van der Waals surface area contributed by atoms with Crippen molar-refractivity contribution in [3.63, 3.8) is 0 Å². The zero-order valence-corrected chi connectivity index (χ0v) is 15.1. The van der Waals surface area contributed by atoms with Crippen molar-refractivity contribution >= 4 is 29.2 Å². The van der Waals surface area contributed by atoms with Crippen molar-refractivity contribution in [3.8, 4) is 0 Å². The van der Waals surface area contributed by atoms with Crippen LogP contribution in [0.3, 0.4) is 0 Å². The standard InChI is InChI=1S/C18H21ClN2O5/c19-13-7-8-16(21(24)25)14(10-13)18(23)26-11-17(22)20-9-3-5-12-4-1-2-6-15(12)20/h7-8,10,12,15H,1-6,9,11H2/t12-,15-/m1/s1. The summed E-state index contributed by atoms with van der Waals surface area (Å²) < 4.78 is 5.08. The Morgan fingerprint density at radius 2 is 1.96 bits per heavy atom. The van der Waals surface area contributed by atoms with E-state index in [-0.39, 0.29) is 22.5 Å². The number of piperidine rings is 1. The first-order valence-corrected chi connectivity index (χ1v) is 9.25. The van der Waals surface area contributed by atoms with E-state index in [0.29, 0.717) is 12.5 Å². The Kier molecular flexibility index (Phi) is 5.76. The van der Waals surface area contributed by atoms with Gasteiger partial charge in [0.2, 0.25) is 0 Å². The number of carbonyl (C=O) groups excluding carboxylic acids is 2. The highest BCUT2D eigenvalue weighted by molar-refractivity contribution is 6.31. The van der Waals surface area contributed by atoms with Crippen LogP contribution in [-0.4, -0.2) is 40.9 Å². The van der Waals surface area contributed by atoms with Gasteiger partial charge < -0.3 is 9.64 Å². The Bertz CT molecular complexity index is 722. The number of likely N-dealkylation sites (tertiary alicyclic amines) is 1. The molecule has 0 radical (unpaired) electrons. The summed E-state index contributed by atoms with van der Waals surface area (Å²) in [5.74, 6) is -0.615. The van der Waals surface area contributed by atoms with Crippen molar-refractivity contribution in [2.24, 2.45) is 5.92 Å². The summed E-state index contributed by atoms with van der Waals surface area (Å²) in [4.78, 5) is 37.0. The molecule has 2 atom stereocenters. The fourth-order valence-electron chi connectivity index (χ4n) is 4.05. The van der Waals surface area contributed by atoms with Gasteiger partial charge in [-0.1, -0.05) is 24.4 Å². The van der Waals surface area contributed by atoms with Crippen LogP contribution in [0.1, 0.15) is 48.9 Å². The number of nitrogens with zero attached hydrogens (tertiary/aromatic N) is 2. The lowest BCUT2D eigenvalue weighted by Gasteiger charge is -2.44. The molecule has 8 heteroatoms. The van der Waals surface area contributed by atoms with E-state index in [1.165, 1.54) is 18.6 Å². The smallest absolute Gasteiger partial charge is 0.345 e. The van der Waals surface area contributed by atoms with E-state index in [2.05, 4.69) is 0 Å². The third-order valence-corrected chi connectivity index (χ3v) is 5.50. The molecule has 0 spiro atoms. The zero-order chi connectivity index (χ0) is 18.7. The van der Waals surface area contributed by atoms with Crippen LogP contribution in [0.2, 0.25) is 5.02 Å². The molecule has 26 heavy (non-hydrogen) atoms. The van der Waals surface area contributed by atoms with Crippen molar-refractivity contribution in [2.45, 2.75) is 44.6 Å². The van der Waals surface area contributed by atoms with Gasteiger partial charge in [0.25, 0.3) is 11.6 Å². The molecule has 1 aliphatic carbocycles. The van der Waals surface area contributed by atoms with Gasteiger partial charge in [0, 0.05) is 23.7 Å². The number of ether oxygens (including phenoxy) is 1. The molecular weight excluding hydrogens is 360 g/mol. The first-order valence-electron chi connectivity index (χ1n) is 8.88. The number of halogens is 1. The maximum absolute atomic E-state index is 12.6. The fraction of sp³-hybridized carbons (Fsp3) is 0.556. The Labute approximate surface area is 156 Å². The molecule has 1 aliphatic heterocycles. The molecule has 1 saturated heterocycles. The van der Waals surface area contributed by atoms with Crippen LogP contribution in [0.4, 0.5) is 5.69 Å². The van der Waals surface area contributed by atoms with Gasteiger partial charge in [-0.3, -0.25) is 14.9 Å².